The first-order chi connectivity index (χ1) is 4.18. The van der Waals surface area contributed by atoms with Crippen LogP contribution in [0.5, 0.6) is 0 Å². The van der Waals surface area contributed by atoms with Crippen LogP contribution in [-0.2, 0) is 0 Å². The number of nitrogens with two attached hydrogens (primary N) is 1. The van der Waals surface area contributed by atoms with Gasteiger partial charge in [-0.2, -0.15) is 0 Å². The molecule has 1 aromatic rings. The first kappa shape index (κ1) is 6.01. The van der Waals surface area contributed by atoms with Crippen LogP contribution in [-0.4, -0.2) is 0 Å². The fourth-order valence-electron chi connectivity index (χ4n) is 0.521. The highest BCUT2D eigenvalue weighted by molar-refractivity contribution is 5.37. The molecule has 2 N–H and O–H groups in total. The van der Waals surface area contributed by atoms with Gasteiger partial charge in [-0.05, 0) is 12.1 Å². The quantitative estimate of drug-likeness (QED) is 0.524. The second kappa shape index (κ2) is 2.01. The Kier molecular flexibility index (Phi) is 1.34. The van der Waals surface area contributed by atoms with Crippen LogP contribution in [0.3, 0.4) is 0 Å². The molecular formula is C6H4F2N. The van der Waals surface area contributed by atoms with Crippen molar-refractivity contribution < 1.29 is 8.78 Å². The summed E-state index contributed by atoms with van der Waals surface area (Å²) in [5.41, 5.74) is 5.13. The summed E-state index contributed by atoms with van der Waals surface area (Å²) < 4.78 is 24.1. The van der Waals surface area contributed by atoms with E-state index in [0.717, 1.165) is 12.1 Å². The molecule has 3 heteroatoms. The summed E-state index contributed by atoms with van der Waals surface area (Å²) in [5.74, 6) is -1.54. The average Bonchev–Trinajstić information content (AvgIpc) is 1.59. The monoisotopic (exact) mass is 128 g/mol. The third-order valence-electron chi connectivity index (χ3n) is 0.826. The zero-order valence-electron chi connectivity index (χ0n) is 4.49. The summed E-state index contributed by atoms with van der Waals surface area (Å²) in [6.45, 7) is 0. The topological polar surface area (TPSA) is 26.0 Å². The molecule has 1 aromatic carbocycles. The second-order valence-corrected chi connectivity index (χ2v) is 1.61. The van der Waals surface area contributed by atoms with E-state index in [0.29, 0.717) is 0 Å². The van der Waals surface area contributed by atoms with Crippen LogP contribution in [0.15, 0.2) is 12.1 Å². The summed E-state index contributed by atoms with van der Waals surface area (Å²) in [6.07, 6.45) is 0. The number of rotatable bonds is 0. The van der Waals surface area contributed by atoms with E-state index in [1.165, 1.54) is 0 Å². The van der Waals surface area contributed by atoms with Gasteiger partial charge >= 0.3 is 0 Å². The molecular weight excluding hydrogens is 124 g/mol. The molecule has 0 unspecified atom stereocenters. The minimum Gasteiger partial charge on any atom is -0.399 e. The first-order valence-corrected chi connectivity index (χ1v) is 2.32. The number of nitrogen functional groups attached to an aromatic ring is 1. The van der Waals surface area contributed by atoms with Gasteiger partial charge in [-0.3, -0.25) is 0 Å². The van der Waals surface area contributed by atoms with Gasteiger partial charge in [-0.1, -0.05) is 0 Å². The van der Waals surface area contributed by atoms with E-state index in [-0.39, 0.29) is 5.69 Å². The number of hydrogen-bond acceptors (Lipinski definition) is 1. The van der Waals surface area contributed by atoms with E-state index in [2.05, 4.69) is 0 Å². The normalized spacial score (nSPS) is 9.56. The molecule has 1 radical (unpaired) electrons. The number of anilines is 1. The molecule has 0 saturated heterocycles. The van der Waals surface area contributed by atoms with Crippen LogP contribution in [0.4, 0.5) is 14.5 Å². The van der Waals surface area contributed by atoms with Gasteiger partial charge in [0.2, 0.25) is 0 Å². The number of hydrogen-bond donors (Lipinski definition) is 1. The lowest BCUT2D eigenvalue weighted by Gasteiger charge is -1.90. The molecule has 0 aliphatic rings. The maximum Gasteiger partial charge on any atom is 0.136 e. The third-order valence-corrected chi connectivity index (χ3v) is 0.826. The Balaban J connectivity index is 3.17. The van der Waals surface area contributed by atoms with Crippen molar-refractivity contribution in [3.63, 3.8) is 0 Å². The van der Waals surface area contributed by atoms with Gasteiger partial charge < -0.3 is 5.73 Å². The Bertz CT molecular complexity index is 172. The lowest BCUT2D eigenvalue weighted by atomic mass is 10.3. The van der Waals surface area contributed by atoms with Crippen molar-refractivity contribution in [2.75, 3.05) is 5.73 Å². The minimum absolute atomic E-state index is 0.0729. The van der Waals surface area contributed by atoms with E-state index in [1.54, 1.807) is 6.07 Å². The highest BCUT2D eigenvalue weighted by Crippen LogP contribution is 2.07. The Labute approximate surface area is 51.1 Å². The van der Waals surface area contributed by atoms with Crippen molar-refractivity contribution in [1.29, 1.82) is 0 Å². The van der Waals surface area contributed by atoms with Crippen molar-refractivity contribution in [2.24, 2.45) is 0 Å². The molecule has 9 heavy (non-hydrogen) atoms. The predicted molar refractivity (Wildman–Crippen MR) is 29.6 cm³/mol. The molecule has 1 rings (SSSR count). The van der Waals surface area contributed by atoms with Gasteiger partial charge in [0.25, 0.3) is 0 Å². The molecule has 1 nitrogen and oxygen atoms in total. The average molecular weight is 128 g/mol. The van der Waals surface area contributed by atoms with Gasteiger partial charge in [0.1, 0.15) is 11.6 Å². The minimum atomic E-state index is -0.771. The maximum atomic E-state index is 12.1. The van der Waals surface area contributed by atoms with E-state index < -0.39 is 11.6 Å². The fraction of sp³-hybridized carbons (Fsp3) is 0. The lowest BCUT2D eigenvalue weighted by Crippen LogP contribution is -1.87. The van der Waals surface area contributed by atoms with Crippen molar-refractivity contribution in [2.45, 2.75) is 0 Å². The molecule has 0 aliphatic carbocycles. The van der Waals surface area contributed by atoms with Crippen molar-refractivity contribution in [3.05, 3.63) is 29.8 Å². The molecule has 47 valence electrons. The molecule has 0 fully saturated rings. The molecule has 0 amide bonds. The van der Waals surface area contributed by atoms with Crippen LogP contribution >= 0.6 is 0 Å². The Hall–Kier alpha value is -1.12. The van der Waals surface area contributed by atoms with Gasteiger partial charge in [0.05, 0.1) is 6.07 Å². The molecule has 0 aromatic heterocycles. The standard InChI is InChI=1S/C6H4F2N/c7-4-1-5(8)3-6(9)2-4/h2-3H,9H2. The largest absolute Gasteiger partial charge is 0.399 e. The van der Waals surface area contributed by atoms with E-state index >= 15 is 0 Å². The number of benzene rings is 1. The maximum absolute atomic E-state index is 12.1. The summed E-state index contributed by atoms with van der Waals surface area (Å²) in [6, 6.07) is 3.80. The second-order valence-electron chi connectivity index (χ2n) is 1.61. The van der Waals surface area contributed by atoms with Crippen LogP contribution in [0.1, 0.15) is 0 Å². The zero-order chi connectivity index (χ0) is 6.85. The summed E-state index contributed by atoms with van der Waals surface area (Å²) in [5, 5.41) is 0. The van der Waals surface area contributed by atoms with E-state index in [4.69, 9.17) is 5.73 Å². The molecule has 0 atom stereocenters. The van der Waals surface area contributed by atoms with Gasteiger partial charge in [0.15, 0.2) is 0 Å². The highest BCUT2D eigenvalue weighted by Gasteiger charge is 1.95. The molecule has 0 spiro atoms. The van der Waals surface area contributed by atoms with Crippen molar-refractivity contribution in [1.82, 2.24) is 0 Å². The van der Waals surface area contributed by atoms with Crippen molar-refractivity contribution in [3.8, 4) is 0 Å². The van der Waals surface area contributed by atoms with Crippen LogP contribution in [0.25, 0.3) is 0 Å². The summed E-state index contributed by atoms with van der Waals surface area (Å²) in [7, 11) is 0. The van der Waals surface area contributed by atoms with Gasteiger partial charge in [0, 0.05) is 5.69 Å². The van der Waals surface area contributed by atoms with Crippen LogP contribution in [0, 0.1) is 17.7 Å². The van der Waals surface area contributed by atoms with E-state index in [9.17, 15) is 8.78 Å². The molecule has 0 saturated carbocycles. The van der Waals surface area contributed by atoms with Crippen LogP contribution < -0.4 is 5.73 Å². The van der Waals surface area contributed by atoms with Crippen molar-refractivity contribution >= 4 is 5.69 Å². The smallest absolute Gasteiger partial charge is 0.136 e. The SMILES string of the molecule is Nc1cc(F)[c]c(F)c1. The Morgan fingerprint density at radius 3 is 2.00 bits per heavy atom. The lowest BCUT2D eigenvalue weighted by molar-refractivity contribution is 0.580. The summed E-state index contributed by atoms with van der Waals surface area (Å²) in [4.78, 5) is 0. The third kappa shape index (κ3) is 1.38. The fourth-order valence-corrected chi connectivity index (χ4v) is 0.521. The van der Waals surface area contributed by atoms with Crippen LogP contribution in [0.2, 0.25) is 0 Å². The molecule has 0 bridgehead atoms. The Morgan fingerprint density at radius 2 is 1.67 bits per heavy atom. The van der Waals surface area contributed by atoms with E-state index in [1.807, 2.05) is 0 Å². The summed E-state index contributed by atoms with van der Waals surface area (Å²) >= 11 is 0. The predicted octanol–water partition coefficient (Wildman–Crippen LogP) is 1.35. The Morgan fingerprint density at radius 1 is 1.22 bits per heavy atom. The number of halogens is 2. The first-order valence-electron chi connectivity index (χ1n) is 2.32. The highest BCUT2D eigenvalue weighted by atomic mass is 19.1. The molecule has 0 aliphatic heterocycles. The zero-order valence-corrected chi connectivity index (χ0v) is 4.49. The van der Waals surface area contributed by atoms with Gasteiger partial charge in [-0.15, -0.1) is 0 Å². The van der Waals surface area contributed by atoms with Gasteiger partial charge in [-0.25, -0.2) is 8.78 Å². The molecule has 0 heterocycles.